The van der Waals surface area contributed by atoms with Gasteiger partial charge in [0.25, 0.3) is 0 Å². The third-order valence-corrected chi connectivity index (χ3v) is 3.01. The van der Waals surface area contributed by atoms with Crippen LogP contribution >= 0.6 is 0 Å². The summed E-state index contributed by atoms with van der Waals surface area (Å²) in [6, 6.07) is 8.15. The Morgan fingerprint density at radius 2 is 2.11 bits per heavy atom. The fourth-order valence-electron chi connectivity index (χ4n) is 2.06. The zero-order valence-electron chi connectivity index (χ0n) is 11.8. The average molecular weight is 259 g/mol. The van der Waals surface area contributed by atoms with Crippen LogP contribution in [0.2, 0.25) is 0 Å². The van der Waals surface area contributed by atoms with Crippen molar-refractivity contribution in [2.75, 3.05) is 39.6 Å². The van der Waals surface area contributed by atoms with E-state index < -0.39 is 0 Å². The molecule has 19 heavy (non-hydrogen) atoms. The normalized spacial score (nSPS) is 10.9. The summed E-state index contributed by atoms with van der Waals surface area (Å²) in [6.45, 7) is 1.70. The highest BCUT2D eigenvalue weighted by atomic mass is 16.5. The summed E-state index contributed by atoms with van der Waals surface area (Å²) >= 11 is 0. The number of benzene rings is 1. The highest BCUT2D eigenvalue weighted by Crippen LogP contribution is 2.30. The molecular formula is C15H21N3O. The molecule has 2 aromatic rings. The molecule has 0 radical (unpaired) electrons. The van der Waals surface area contributed by atoms with E-state index in [0.717, 1.165) is 29.4 Å². The average Bonchev–Trinajstić information content (AvgIpc) is 2.42. The number of pyridine rings is 1. The van der Waals surface area contributed by atoms with Crippen LogP contribution in [0.1, 0.15) is 6.42 Å². The predicted molar refractivity (Wildman–Crippen MR) is 80.0 cm³/mol. The van der Waals surface area contributed by atoms with Crippen LogP contribution in [-0.2, 0) is 0 Å². The Kier molecular flexibility index (Phi) is 4.58. The van der Waals surface area contributed by atoms with Gasteiger partial charge in [-0.05, 0) is 38.0 Å². The Labute approximate surface area is 114 Å². The van der Waals surface area contributed by atoms with E-state index in [9.17, 15) is 0 Å². The summed E-state index contributed by atoms with van der Waals surface area (Å²) in [5.74, 6) is 0.709. The van der Waals surface area contributed by atoms with Gasteiger partial charge in [0, 0.05) is 25.5 Å². The van der Waals surface area contributed by atoms with Crippen molar-refractivity contribution in [2.24, 2.45) is 0 Å². The van der Waals surface area contributed by atoms with Crippen LogP contribution in [0.25, 0.3) is 10.8 Å². The van der Waals surface area contributed by atoms with Crippen molar-refractivity contribution in [3.63, 3.8) is 0 Å². The lowest BCUT2D eigenvalue weighted by Gasteiger charge is -2.13. The first-order chi connectivity index (χ1) is 9.22. The van der Waals surface area contributed by atoms with Crippen molar-refractivity contribution in [3.8, 4) is 5.88 Å². The molecule has 1 aromatic carbocycles. The van der Waals surface area contributed by atoms with Crippen LogP contribution in [0.3, 0.4) is 0 Å². The van der Waals surface area contributed by atoms with Crippen molar-refractivity contribution in [2.45, 2.75) is 6.42 Å². The quantitative estimate of drug-likeness (QED) is 0.809. The summed E-state index contributed by atoms with van der Waals surface area (Å²) < 4.78 is 5.83. The third kappa shape index (κ3) is 3.35. The molecule has 0 saturated carbocycles. The molecule has 0 spiro atoms. The molecule has 1 aromatic heterocycles. The molecule has 0 aliphatic carbocycles. The molecule has 0 bridgehead atoms. The van der Waals surface area contributed by atoms with E-state index in [1.54, 1.807) is 6.20 Å². The first-order valence-corrected chi connectivity index (χ1v) is 6.55. The molecule has 0 saturated heterocycles. The molecule has 102 valence electrons. The Bertz CT molecular complexity index is 535. The van der Waals surface area contributed by atoms with Crippen LogP contribution in [0.5, 0.6) is 5.88 Å². The number of aromatic nitrogens is 1. The van der Waals surface area contributed by atoms with E-state index in [-0.39, 0.29) is 0 Å². The van der Waals surface area contributed by atoms with Gasteiger partial charge in [-0.1, -0.05) is 12.1 Å². The second-order valence-electron chi connectivity index (χ2n) is 4.78. The second-order valence-corrected chi connectivity index (χ2v) is 4.78. The predicted octanol–water partition coefficient (Wildman–Crippen LogP) is 2.61. The molecule has 4 nitrogen and oxygen atoms in total. The number of nitrogens with zero attached hydrogens (tertiary/aromatic N) is 2. The first kappa shape index (κ1) is 13.6. The fraction of sp³-hybridized carbons (Fsp3) is 0.400. The smallest absolute Gasteiger partial charge is 0.223 e. The van der Waals surface area contributed by atoms with Gasteiger partial charge in [-0.25, -0.2) is 4.98 Å². The van der Waals surface area contributed by atoms with Crippen LogP contribution < -0.4 is 10.1 Å². The van der Waals surface area contributed by atoms with E-state index in [0.29, 0.717) is 12.5 Å². The molecule has 0 aliphatic heterocycles. The number of rotatable bonds is 6. The van der Waals surface area contributed by atoms with Gasteiger partial charge in [-0.15, -0.1) is 0 Å². The second kappa shape index (κ2) is 6.38. The van der Waals surface area contributed by atoms with E-state index in [4.69, 9.17) is 4.74 Å². The standard InChI is InChI=1S/C15H21N3O/c1-16-13-7-4-6-12-8-9-17-15(14(12)13)19-11-5-10-18(2)3/h4,6-9,16H,5,10-11H2,1-3H3. The maximum absolute atomic E-state index is 5.83. The summed E-state index contributed by atoms with van der Waals surface area (Å²) in [7, 11) is 6.04. The van der Waals surface area contributed by atoms with E-state index in [1.807, 2.05) is 25.2 Å². The number of ether oxygens (including phenoxy) is 1. The van der Waals surface area contributed by atoms with Crippen molar-refractivity contribution in [1.29, 1.82) is 0 Å². The third-order valence-electron chi connectivity index (χ3n) is 3.01. The van der Waals surface area contributed by atoms with Gasteiger partial charge >= 0.3 is 0 Å². The minimum absolute atomic E-state index is 0.683. The largest absolute Gasteiger partial charge is 0.477 e. The summed E-state index contributed by atoms with van der Waals surface area (Å²) in [4.78, 5) is 6.51. The van der Waals surface area contributed by atoms with E-state index in [2.05, 4.69) is 35.4 Å². The van der Waals surface area contributed by atoms with Gasteiger partial charge in [0.1, 0.15) is 0 Å². The topological polar surface area (TPSA) is 37.4 Å². The molecule has 1 heterocycles. The number of hydrogen-bond acceptors (Lipinski definition) is 4. The highest BCUT2D eigenvalue weighted by molar-refractivity contribution is 5.97. The zero-order valence-corrected chi connectivity index (χ0v) is 11.8. The highest BCUT2D eigenvalue weighted by Gasteiger charge is 2.07. The number of fused-ring (bicyclic) bond motifs is 1. The Morgan fingerprint density at radius 1 is 1.26 bits per heavy atom. The Balaban J connectivity index is 2.18. The summed E-state index contributed by atoms with van der Waals surface area (Å²) in [5.41, 5.74) is 1.05. The minimum atomic E-state index is 0.683. The lowest BCUT2D eigenvalue weighted by atomic mass is 10.1. The lowest BCUT2D eigenvalue weighted by Crippen LogP contribution is -2.15. The van der Waals surface area contributed by atoms with E-state index in [1.165, 1.54) is 0 Å². The van der Waals surface area contributed by atoms with Crippen LogP contribution in [-0.4, -0.2) is 44.2 Å². The maximum Gasteiger partial charge on any atom is 0.223 e. The van der Waals surface area contributed by atoms with Gasteiger partial charge in [-0.2, -0.15) is 0 Å². The summed E-state index contributed by atoms with van der Waals surface area (Å²) in [6.07, 6.45) is 2.79. The van der Waals surface area contributed by atoms with Gasteiger partial charge in [0.15, 0.2) is 0 Å². The van der Waals surface area contributed by atoms with Gasteiger partial charge < -0.3 is 15.0 Å². The van der Waals surface area contributed by atoms with Gasteiger partial charge in [0.2, 0.25) is 5.88 Å². The van der Waals surface area contributed by atoms with Crippen molar-refractivity contribution >= 4 is 16.5 Å². The molecular weight excluding hydrogens is 238 g/mol. The first-order valence-electron chi connectivity index (χ1n) is 6.55. The SMILES string of the molecule is CNc1cccc2ccnc(OCCCN(C)C)c12. The number of anilines is 1. The molecule has 2 rings (SSSR count). The van der Waals surface area contributed by atoms with Gasteiger partial charge in [-0.3, -0.25) is 0 Å². The fourth-order valence-corrected chi connectivity index (χ4v) is 2.06. The number of nitrogens with one attached hydrogen (secondary N) is 1. The maximum atomic E-state index is 5.83. The zero-order chi connectivity index (χ0) is 13.7. The monoisotopic (exact) mass is 259 g/mol. The van der Waals surface area contributed by atoms with Crippen molar-refractivity contribution < 1.29 is 4.74 Å². The molecule has 0 unspecified atom stereocenters. The Morgan fingerprint density at radius 3 is 2.84 bits per heavy atom. The minimum Gasteiger partial charge on any atom is -0.477 e. The van der Waals surface area contributed by atoms with E-state index >= 15 is 0 Å². The molecule has 0 aliphatic rings. The molecule has 0 atom stereocenters. The molecule has 4 heteroatoms. The van der Waals surface area contributed by atoms with Crippen LogP contribution in [0.15, 0.2) is 30.5 Å². The Hall–Kier alpha value is -1.81. The van der Waals surface area contributed by atoms with Crippen molar-refractivity contribution in [3.05, 3.63) is 30.5 Å². The van der Waals surface area contributed by atoms with Crippen LogP contribution in [0, 0.1) is 0 Å². The molecule has 1 N–H and O–H groups in total. The lowest BCUT2D eigenvalue weighted by molar-refractivity contribution is 0.276. The summed E-state index contributed by atoms with van der Waals surface area (Å²) in [5, 5.41) is 5.39. The van der Waals surface area contributed by atoms with Crippen molar-refractivity contribution in [1.82, 2.24) is 9.88 Å². The molecule has 0 amide bonds. The molecule has 0 fully saturated rings. The number of hydrogen-bond donors (Lipinski definition) is 1. The van der Waals surface area contributed by atoms with Gasteiger partial charge in [0.05, 0.1) is 12.0 Å². The van der Waals surface area contributed by atoms with Crippen LogP contribution in [0.4, 0.5) is 5.69 Å².